The smallest absolute Gasteiger partial charge is 0.241 e. The van der Waals surface area contributed by atoms with Gasteiger partial charge in [-0.3, -0.25) is 4.79 Å². The van der Waals surface area contributed by atoms with E-state index >= 15 is 0 Å². The zero-order valence-electron chi connectivity index (χ0n) is 14.6. The van der Waals surface area contributed by atoms with Crippen molar-refractivity contribution in [3.8, 4) is 0 Å². The minimum absolute atomic E-state index is 0.0353. The Hall–Kier alpha value is -1.44. The van der Waals surface area contributed by atoms with Crippen molar-refractivity contribution >= 4 is 21.6 Å². The first-order valence-electron chi connectivity index (χ1n) is 8.44. The number of likely N-dealkylation sites (tertiary alicyclic amines) is 1. The molecule has 2 N–H and O–H groups in total. The third kappa shape index (κ3) is 5.03. The predicted octanol–water partition coefficient (Wildman–Crippen LogP) is 2.11. The van der Waals surface area contributed by atoms with E-state index in [2.05, 4.69) is 21.9 Å². The molecule has 7 heteroatoms. The van der Waals surface area contributed by atoms with Gasteiger partial charge < -0.3 is 10.2 Å². The van der Waals surface area contributed by atoms with Gasteiger partial charge >= 0.3 is 0 Å². The third-order valence-electron chi connectivity index (χ3n) is 4.25. The zero-order valence-corrected chi connectivity index (χ0v) is 15.4. The van der Waals surface area contributed by atoms with E-state index in [9.17, 15) is 13.2 Å². The fourth-order valence-corrected chi connectivity index (χ4v) is 4.62. The highest BCUT2D eigenvalue weighted by Gasteiger charge is 2.25. The monoisotopic (exact) mass is 353 g/mol. The Balaban J connectivity index is 2.09. The van der Waals surface area contributed by atoms with Crippen LogP contribution in [0, 0.1) is 6.92 Å². The van der Waals surface area contributed by atoms with Crippen molar-refractivity contribution in [2.75, 3.05) is 25.0 Å². The average molecular weight is 353 g/mol. The highest BCUT2D eigenvalue weighted by molar-refractivity contribution is 7.89. The van der Waals surface area contributed by atoms with Crippen LogP contribution in [0.2, 0.25) is 0 Å². The first kappa shape index (κ1) is 18.9. The standard InChI is InChI=1S/C17H27N3O3S/c1-4-9-20-10-7-15(8-11-20)19-24(22,23)17-12-16(18-14(3)21)6-5-13(17)2/h5-6,12,15,19H,4,7-11H2,1-3H3,(H,18,21). The molecule has 6 nitrogen and oxygen atoms in total. The number of nitrogens with zero attached hydrogens (tertiary/aromatic N) is 1. The molecule has 24 heavy (non-hydrogen) atoms. The molecular weight excluding hydrogens is 326 g/mol. The van der Waals surface area contributed by atoms with Crippen LogP contribution < -0.4 is 10.0 Å². The molecule has 1 aromatic rings. The Morgan fingerprint density at radius 3 is 2.54 bits per heavy atom. The SMILES string of the molecule is CCCN1CCC(NS(=O)(=O)c2cc(NC(C)=O)ccc2C)CC1. The second-order valence-corrected chi connectivity index (χ2v) is 8.08. The molecule has 1 aromatic carbocycles. The Kier molecular flexibility index (Phi) is 6.37. The van der Waals surface area contributed by atoms with Crippen LogP contribution in [0.15, 0.2) is 23.1 Å². The van der Waals surface area contributed by atoms with Gasteiger partial charge in [-0.15, -0.1) is 0 Å². The number of benzene rings is 1. The number of aryl methyl sites for hydroxylation is 1. The van der Waals surface area contributed by atoms with Crippen LogP contribution in [0.25, 0.3) is 0 Å². The van der Waals surface area contributed by atoms with Gasteiger partial charge in [0.05, 0.1) is 4.90 Å². The lowest BCUT2D eigenvalue weighted by atomic mass is 10.1. The minimum atomic E-state index is -3.60. The Morgan fingerprint density at radius 2 is 1.96 bits per heavy atom. The summed E-state index contributed by atoms with van der Waals surface area (Å²) >= 11 is 0. The van der Waals surface area contributed by atoms with Gasteiger partial charge in [0.15, 0.2) is 0 Å². The molecule has 134 valence electrons. The van der Waals surface area contributed by atoms with E-state index in [1.165, 1.54) is 13.0 Å². The molecule has 0 bridgehead atoms. The Morgan fingerprint density at radius 1 is 1.29 bits per heavy atom. The molecule has 0 atom stereocenters. The Labute approximate surface area is 144 Å². The summed E-state index contributed by atoms with van der Waals surface area (Å²) in [5, 5.41) is 2.63. The van der Waals surface area contributed by atoms with Crippen molar-refractivity contribution in [3.05, 3.63) is 23.8 Å². The van der Waals surface area contributed by atoms with Gasteiger partial charge in [0.1, 0.15) is 0 Å². The van der Waals surface area contributed by atoms with E-state index in [1.807, 2.05) is 0 Å². The van der Waals surface area contributed by atoms with Crippen molar-refractivity contribution in [1.82, 2.24) is 9.62 Å². The van der Waals surface area contributed by atoms with Gasteiger partial charge in [-0.2, -0.15) is 0 Å². The molecule has 0 unspecified atom stereocenters. The predicted molar refractivity (Wildman–Crippen MR) is 95.6 cm³/mol. The topological polar surface area (TPSA) is 78.5 Å². The van der Waals surface area contributed by atoms with Gasteiger partial charge in [-0.1, -0.05) is 13.0 Å². The second-order valence-electron chi connectivity index (χ2n) is 6.40. The number of sulfonamides is 1. The van der Waals surface area contributed by atoms with Crippen LogP contribution in [0.4, 0.5) is 5.69 Å². The van der Waals surface area contributed by atoms with E-state index in [0.717, 1.165) is 38.9 Å². The molecule has 2 rings (SSSR count). The summed E-state index contributed by atoms with van der Waals surface area (Å²) < 4.78 is 28.3. The second kappa shape index (κ2) is 8.09. The molecule has 0 aromatic heterocycles. The number of piperidine rings is 1. The van der Waals surface area contributed by atoms with Crippen molar-refractivity contribution in [3.63, 3.8) is 0 Å². The normalized spacial score (nSPS) is 17.0. The van der Waals surface area contributed by atoms with Crippen molar-refractivity contribution in [2.24, 2.45) is 0 Å². The van der Waals surface area contributed by atoms with Gasteiger partial charge in [-0.25, -0.2) is 13.1 Å². The fraction of sp³-hybridized carbons (Fsp3) is 0.588. The molecule has 1 amide bonds. The van der Waals surface area contributed by atoms with Crippen molar-refractivity contribution in [1.29, 1.82) is 0 Å². The first-order chi connectivity index (χ1) is 11.3. The fourth-order valence-electron chi connectivity index (χ4n) is 3.04. The van der Waals surface area contributed by atoms with E-state index in [0.29, 0.717) is 11.3 Å². The maximum atomic E-state index is 12.7. The van der Waals surface area contributed by atoms with Gasteiger partial charge in [-0.05, 0) is 63.5 Å². The molecule has 0 spiro atoms. The van der Waals surface area contributed by atoms with Crippen molar-refractivity contribution < 1.29 is 13.2 Å². The van der Waals surface area contributed by atoms with Gasteiger partial charge in [0.2, 0.25) is 15.9 Å². The summed E-state index contributed by atoms with van der Waals surface area (Å²) in [5.74, 6) is -0.224. The minimum Gasteiger partial charge on any atom is -0.326 e. The third-order valence-corrected chi connectivity index (χ3v) is 5.91. The highest BCUT2D eigenvalue weighted by atomic mass is 32.2. The average Bonchev–Trinajstić information content (AvgIpc) is 2.50. The molecule has 1 heterocycles. The number of nitrogens with one attached hydrogen (secondary N) is 2. The molecule has 1 saturated heterocycles. The van der Waals surface area contributed by atoms with Crippen LogP contribution >= 0.6 is 0 Å². The van der Waals surface area contributed by atoms with E-state index in [-0.39, 0.29) is 16.8 Å². The number of amides is 1. The van der Waals surface area contributed by atoms with E-state index < -0.39 is 10.0 Å². The van der Waals surface area contributed by atoms with Crippen LogP contribution in [-0.2, 0) is 14.8 Å². The number of hydrogen-bond donors (Lipinski definition) is 2. The quantitative estimate of drug-likeness (QED) is 0.821. The number of carbonyl (C=O) groups excluding carboxylic acids is 1. The summed E-state index contributed by atoms with van der Waals surface area (Å²) in [4.78, 5) is 13.8. The Bertz CT molecular complexity index is 680. The lowest BCUT2D eigenvalue weighted by molar-refractivity contribution is -0.114. The van der Waals surface area contributed by atoms with Gasteiger partial charge in [0.25, 0.3) is 0 Å². The molecule has 1 aliphatic rings. The summed E-state index contributed by atoms with van der Waals surface area (Å²) in [5.41, 5.74) is 1.16. The summed E-state index contributed by atoms with van der Waals surface area (Å²) in [6.45, 7) is 8.22. The van der Waals surface area contributed by atoms with Crippen LogP contribution in [0.3, 0.4) is 0 Å². The molecule has 0 saturated carbocycles. The zero-order chi connectivity index (χ0) is 17.7. The van der Waals surface area contributed by atoms with E-state index in [1.54, 1.807) is 19.1 Å². The maximum absolute atomic E-state index is 12.7. The van der Waals surface area contributed by atoms with E-state index in [4.69, 9.17) is 0 Å². The van der Waals surface area contributed by atoms with Crippen LogP contribution in [-0.4, -0.2) is 44.9 Å². The lowest BCUT2D eigenvalue weighted by Gasteiger charge is -2.32. The van der Waals surface area contributed by atoms with Gasteiger partial charge in [0, 0.05) is 18.7 Å². The summed E-state index contributed by atoms with van der Waals surface area (Å²) in [6.07, 6.45) is 2.76. The number of carbonyl (C=O) groups is 1. The largest absolute Gasteiger partial charge is 0.326 e. The maximum Gasteiger partial charge on any atom is 0.241 e. The highest BCUT2D eigenvalue weighted by Crippen LogP contribution is 2.22. The lowest BCUT2D eigenvalue weighted by Crippen LogP contribution is -2.44. The molecule has 0 aliphatic carbocycles. The van der Waals surface area contributed by atoms with Crippen LogP contribution in [0.1, 0.15) is 38.7 Å². The van der Waals surface area contributed by atoms with Crippen molar-refractivity contribution in [2.45, 2.75) is 51.0 Å². The number of hydrogen-bond acceptors (Lipinski definition) is 4. The molecule has 1 fully saturated rings. The number of rotatable bonds is 6. The van der Waals surface area contributed by atoms with Crippen LogP contribution in [0.5, 0.6) is 0 Å². The number of anilines is 1. The first-order valence-corrected chi connectivity index (χ1v) is 9.93. The summed E-state index contributed by atoms with van der Waals surface area (Å²) in [6, 6.07) is 4.90. The molecule has 1 aliphatic heterocycles. The molecular formula is C17H27N3O3S. The molecule has 0 radical (unpaired) electrons. The summed E-state index contributed by atoms with van der Waals surface area (Å²) in [7, 11) is -3.60.